The predicted molar refractivity (Wildman–Crippen MR) is 70.1 cm³/mol. The largest absolute Gasteiger partial charge is 0.409 e. The average molecular weight is 259 g/mol. The van der Waals surface area contributed by atoms with Crippen molar-refractivity contribution in [2.24, 2.45) is 17.9 Å². The fraction of sp³-hybridized carbons (Fsp3) is 0.0833. The summed E-state index contributed by atoms with van der Waals surface area (Å²) < 4.78 is 1.63. The first kappa shape index (κ1) is 12.6. The molecule has 2 aromatic rings. The summed E-state index contributed by atoms with van der Waals surface area (Å²) in [6.07, 6.45) is 3.04. The minimum absolute atomic E-state index is 0.0181. The number of imidazole rings is 1. The summed E-state index contributed by atoms with van der Waals surface area (Å²) >= 11 is 0. The molecule has 0 radical (unpaired) electrons. The number of nitrogens with two attached hydrogens (primary N) is 1. The molecule has 2 rings (SSSR count). The first-order chi connectivity index (χ1) is 9.11. The molecule has 0 aliphatic rings. The number of anilines is 1. The molecular formula is C12H13N5O2. The van der Waals surface area contributed by atoms with Gasteiger partial charge in [-0.1, -0.05) is 5.16 Å². The highest BCUT2D eigenvalue weighted by molar-refractivity contribution is 6.03. The number of amides is 1. The molecule has 98 valence electrons. The van der Waals surface area contributed by atoms with Gasteiger partial charge >= 0.3 is 0 Å². The number of hydrogen-bond acceptors (Lipinski definition) is 4. The van der Waals surface area contributed by atoms with Crippen molar-refractivity contribution in [2.75, 3.05) is 5.32 Å². The van der Waals surface area contributed by atoms with Crippen LogP contribution < -0.4 is 11.1 Å². The Morgan fingerprint density at radius 1 is 1.42 bits per heavy atom. The van der Waals surface area contributed by atoms with Crippen LogP contribution >= 0.6 is 0 Å². The number of rotatable bonds is 3. The van der Waals surface area contributed by atoms with E-state index in [0.29, 0.717) is 16.9 Å². The Bertz CT molecular complexity index is 615. The molecule has 0 bridgehead atoms. The molecule has 0 unspecified atom stereocenters. The van der Waals surface area contributed by atoms with E-state index in [1.807, 2.05) is 0 Å². The van der Waals surface area contributed by atoms with Gasteiger partial charge in [0.2, 0.25) is 0 Å². The molecule has 0 atom stereocenters. The van der Waals surface area contributed by atoms with E-state index in [9.17, 15) is 4.79 Å². The number of nitrogens with zero attached hydrogens (tertiary/aromatic N) is 3. The minimum Gasteiger partial charge on any atom is -0.409 e. The van der Waals surface area contributed by atoms with Crippen LogP contribution in [0.5, 0.6) is 0 Å². The van der Waals surface area contributed by atoms with Crippen LogP contribution in [-0.4, -0.2) is 26.5 Å². The van der Waals surface area contributed by atoms with Crippen LogP contribution in [-0.2, 0) is 7.05 Å². The zero-order valence-electron chi connectivity index (χ0n) is 10.2. The Hall–Kier alpha value is -2.83. The van der Waals surface area contributed by atoms with E-state index in [-0.39, 0.29) is 11.7 Å². The number of hydrogen-bond donors (Lipinski definition) is 3. The van der Waals surface area contributed by atoms with Gasteiger partial charge in [0.15, 0.2) is 5.84 Å². The quantitative estimate of drug-likeness (QED) is 0.327. The molecule has 0 spiro atoms. The maximum Gasteiger partial charge on any atom is 0.273 e. The fourth-order valence-electron chi connectivity index (χ4n) is 1.55. The monoisotopic (exact) mass is 259 g/mol. The third-order valence-corrected chi connectivity index (χ3v) is 2.60. The summed E-state index contributed by atoms with van der Waals surface area (Å²) in [7, 11) is 1.74. The highest BCUT2D eigenvalue weighted by Gasteiger charge is 2.09. The van der Waals surface area contributed by atoms with Crippen molar-refractivity contribution in [3.63, 3.8) is 0 Å². The Morgan fingerprint density at radius 2 is 2.11 bits per heavy atom. The zero-order valence-corrected chi connectivity index (χ0v) is 10.2. The second-order valence-electron chi connectivity index (χ2n) is 3.91. The molecule has 7 heteroatoms. The van der Waals surface area contributed by atoms with Crippen molar-refractivity contribution in [3.05, 3.63) is 48.0 Å². The van der Waals surface area contributed by atoms with Crippen molar-refractivity contribution in [1.82, 2.24) is 9.55 Å². The predicted octanol–water partition coefficient (Wildman–Crippen LogP) is 0.767. The standard InChI is InChI=1S/C12H13N5O2/c1-17-7-14-6-10(17)12(18)15-9-4-2-8(3-5-9)11(13)16-19/h2-7,19H,1H3,(H2,13,16)(H,15,18). The van der Waals surface area contributed by atoms with Crippen molar-refractivity contribution in [2.45, 2.75) is 0 Å². The van der Waals surface area contributed by atoms with Crippen LogP contribution in [0.15, 0.2) is 41.9 Å². The van der Waals surface area contributed by atoms with Crippen LogP contribution in [0.3, 0.4) is 0 Å². The van der Waals surface area contributed by atoms with Crippen LogP contribution in [0.4, 0.5) is 5.69 Å². The van der Waals surface area contributed by atoms with E-state index in [2.05, 4.69) is 15.5 Å². The lowest BCUT2D eigenvalue weighted by molar-refractivity contribution is 0.101. The van der Waals surface area contributed by atoms with Gasteiger partial charge in [0.05, 0.1) is 12.5 Å². The Morgan fingerprint density at radius 3 is 2.63 bits per heavy atom. The van der Waals surface area contributed by atoms with Gasteiger partial charge in [-0.3, -0.25) is 4.79 Å². The maximum absolute atomic E-state index is 11.9. The molecule has 0 aliphatic heterocycles. The summed E-state index contributed by atoms with van der Waals surface area (Å²) in [5.74, 6) is -0.235. The molecule has 0 fully saturated rings. The van der Waals surface area contributed by atoms with E-state index in [4.69, 9.17) is 10.9 Å². The molecule has 19 heavy (non-hydrogen) atoms. The second-order valence-corrected chi connectivity index (χ2v) is 3.91. The lowest BCUT2D eigenvalue weighted by atomic mass is 10.2. The van der Waals surface area contributed by atoms with Crippen molar-refractivity contribution in [1.29, 1.82) is 0 Å². The van der Waals surface area contributed by atoms with Gasteiger partial charge in [0.1, 0.15) is 5.69 Å². The molecule has 0 saturated heterocycles. The third-order valence-electron chi connectivity index (χ3n) is 2.60. The molecule has 1 aromatic heterocycles. The normalized spacial score (nSPS) is 11.3. The molecule has 4 N–H and O–H groups in total. The van der Waals surface area contributed by atoms with Gasteiger partial charge in [0, 0.05) is 18.3 Å². The van der Waals surface area contributed by atoms with E-state index < -0.39 is 0 Å². The highest BCUT2D eigenvalue weighted by atomic mass is 16.4. The molecule has 1 heterocycles. The minimum atomic E-state index is -0.253. The van der Waals surface area contributed by atoms with E-state index >= 15 is 0 Å². The van der Waals surface area contributed by atoms with Crippen molar-refractivity contribution >= 4 is 17.4 Å². The summed E-state index contributed by atoms with van der Waals surface area (Å²) in [4.78, 5) is 15.8. The van der Waals surface area contributed by atoms with Crippen LogP contribution in [0.25, 0.3) is 0 Å². The Kier molecular flexibility index (Phi) is 3.46. The zero-order chi connectivity index (χ0) is 13.8. The van der Waals surface area contributed by atoms with Gasteiger partial charge in [0.25, 0.3) is 5.91 Å². The lowest BCUT2D eigenvalue weighted by Crippen LogP contribution is -2.16. The summed E-state index contributed by atoms with van der Waals surface area (Å²) in [6, 6.07) is 6.63. The number of carbonyl (C=O) groups is 1. The maximum atomic E-state index is 11.9. The van der Waals surface area contributed by atoms with E-state index in [1.54, 1.807) is 42.2 Å². The third kappa shape index (κ3) is 2.71. The van der Waals surface area contributed by atoms with Crippen molar-refractivity contribution in [3.8, 4) is 0 Å². The summed E-state index contributed by atoms with van der Waals surface area (Å²) in [6.45, 7) is 0. The molecule has 0 saturated carbocycles. The topological polar surface area (TPSA) is 106 Å². The van der Waals surface area contributed by atoms with Gasteiger partial charge < -0.3 is 20.8 Å². The highest BCUT2D eigenvalue weighted by Crippen LogP contribution is 2.11. The first-order valence-electron chi connectivity index (χ1n) is 5.47. The first-order valence-corrected chi connectivity index (χ1v) is 5.47. The van der Waals surface area contributed by atoms with Crippen molar-refractivity contribution < 1.29 is 10.0 Å². The van der Waals surface area contributed by atoms with Crippen LogP contribution in [0.2, 0.25) is 0 Å². The summed E-state index contributed by atoms with van der Waals surface area (Å²) in [5, 5.41) is 14.2. The Labute approximate surface area is 109 Å². The van der Waals surface area contributed by atoms with Crippen LogP contribution in [0, 0.1) is 0 Å². The number of oxime groups is 1. The number of aryl methyl sites for hydroxylation is 1. The van der Waals surface area contributed by atoms with Crippen LogP contribution in [0.1, 0.15) is 16.1 Å². The molecular weight excluding hydrogens is 246 g/mol. The molecule has 7 nitrogen and oxygen atoms in total. The molecule has 0 aliphatic carbocycles. The SMILES string of the molecule is Cn1cncc1C(=O)Nc1ccc(/C(N)=N/O)cc1. The van der Waals surface area contributed by atoms with E-state index in [1.165, 1.54) is 6.20 Å². The lowest BCUT2D eigenvalue weighted by Gasteiger charge is -2.06. The fourth-order valence-corrected chi connectivity index (χ4v) is 1.55. The van der Waals surface area contributed by atoms with Gasteiger partial charge in [-0.15, -0.1) is 0 Å². The number of amidine groups is 1. The number of nitrogens with one attached hydrogen (secondary N) is 1. The number of benzene rings is 1. The average Bonchev–Trinajstić information content (AvgIpc) is 2.85. The van der Waals surface area contributed by atoms with Gasteiger partial charge in [-0.05, 0) is 24.3 Å². The Balaban J connectivity index is 2.12. The van der Waals surface area contributed by atoms with Gasteiger partial charge in [-0.25, -0.2) is 4.98 Å². The summed E-state index contributed by atoms with van der Waals surface area (Å²) in [5.41, 5.74) is 7.08. The number of carbonyl (C=O) groups excluding carboxylic acids is 1. The number of aromatic nitrogens is 2. The van der Waals surface area contributed by atoms with E-state index in [0.717, 1.165) is 0 Å². The second kappa shape index (κ2) is 5.21. The molecule has 1 amide bonds. The van der Waals surface area contributed by atoms with Gasteiger partial charge in [-0.2, -0.15) is 0 Å². The molecule has 1 aromatic carbocycles. The smallest absolute Gasteiger partial charge is 0.273 e.